The van der Waals surface area contributed by atoms with Crippen molar-refractivity contribution in [3.63, 3.8) is 0 Å². The topological polar surface area (TPSA) is 54.9 Å². The molecule has 1 aliphatic rings. The molecule has 0 bridgehead atoms. The lowest BCUT2D eigenvalue weighted by atomic mass is 10.2. The number of aldehydes is 1. The summed E-state index contributed by atoms with van der Waals surface area (Å²) in [7, 11) is 0. The second kappa shape index (κ2) is 5.19. The number of anilines is 2. The third-order valence-electron chi connectivity index (χ3n) is 2.78. The van der Waals surface area contributed by atoms with E-state index < -0.39 is 0 Å². The van der Waals surface area contributed by atoms with Gasteiger partial charge in [0.2, 0.25) is 5.28 Å². The van der Waals surface area contributed by atoms with Gasteiger partial charge in [-0.1, -0.05) is 12.1 Å². The Morgan fingerprint density at radius 2 is 2.26 bits per heavy atom. The molecule has 19 heavy (non-hydrogen) atoms. The summed E-state index contributed by atoms with van der Waals surface area (Å²) in [5.41, 5.74) is 2.42. The van der Waals surface area contributed by atoms with Crippen LogP contribution < -0.4 is 5.32 Å². The number of aromatic nitrogens is 2. The van der Waals surface area contributed by atoms with E-state index >= 15 is 0 Å². The van der Waals surface area contributed by atoms with Gasteiger partial charge in [0.05, 0.1) is 10.6 Å². The molecular formula is C13H10ClN3OS. The van der Waals surface area contributed by atoms with Crippen molar-refractivity contribution in [2.24, 2.45) is 0 Å². The average Bonchev–Trinajstić information content (AvgIpc) is 2.87. The van der Waals surface area contributed by atoms with E-state index in [0.29, 0.717) is 11.4 Å². The van der Waals surface area contributed by atoms with Crippen molar-refractivity contribution in [2.45, 2.75) is 11.3 Å². The first kappa shape index (κ1) is 12.4. The lowest BCUT2D eigenvalue weighted by Crippen LogP contribution is -2.00. The molecule has 0 radical (unpaired) electrons. The smallest absolute Gasteiger partial charge is 0.224 e. The highest BCUT2D eigenvalue weighted by Gasteiger charge is 2.19. The lowest BCUT2D eigenvalue weighted by molar-refractivity contribution is 0.112. The van der Waals surface area contributed by atoms with Crippen molar-refractivity contribution in [2.75, 3.05) is 11.1 Å². The third kappa shape index (κ3) is 2.57. The van der Waals surface area contributed by atoms with Crippen molar-refractivity contribution in [3.8, 4) is 0 Å². The maximum Gasteiger partial charge on any atom is 0.224 e. The van der Waals surface area contributed by atoms with E-state index in [0.717, 1.165) is 34.7 Å². The normalized spacial score (nSPS) is 13.1. The molecule has 6 heteroatoms. The minimum Gasteiger partial charge on any atom is -0.339 e. The van der Waals surface area contributed by atoms with Crippen LogP contribution in [0.1, 0.15) is 16.1 Å². The van der Waals surface area contributed by atoms with E-state index in [4.69, 9.17) is 11.6 Å². The number of nitrogens with one attached hydrogen (secondary N) is 1. The van der Waals surface area contributed by atoms with Gasteiger partial charge in [0.1, 0.15) is 12.1 Å². The molecule has 0 spiro atoms. The molecule has 2 aromatic rings. The number of nitrogens with zero attached hydrogens (tertiary/aromatic N) is 2. The van der Waals surface area contributed by atoms with E-state index in [2.05, 4.69) is 15.3 Å². The van der Waals surface area contributed by atoms with Crippen molar-refractivity contribution in [1.29, 1.82) is 0 Å². The Bertz CT molecular complexity index is 648. The van der Waals surface area contributed by atoms with E-state index in [1.165, 1.54) is 0 Å². The van der Waals surface area contributed by atoms with Crippen LogP contribution in [0.4, 0.5) is 11.5 Å². The Morgan fingerprint density at radius 1 is 1.37 bits per heavy atom. The standard InChI is InChI=1S/C13H10ClN3OS/c14-13-16-10-4-5-19-11(10)12(17-13)15-9-3-1-2-8(6-9)7-18/h1-3,6-7H,4-5H2,(H,15,16,17). The second-order valence-electron chi connectivity index (χ2n) is 4.08. The molecule has 0 fully saturated rings. The highest BCUT2D eigenvalue weighted by molar-refractivity contribution is 7.99. The number of hydrogen-bond acceptors (Lipinski definition) is 5. The molecule has 1 N–H and O–H groups in total. The zero-order chi connectivity index (χ0) is 13.2. The molecule has 4 nitrogen and oxygen atoms in total. The van der Waals surface area contributed by atoms with Crippen LogP contribution in [-0.4, -0.2) is 22.0 Å². The minimum absolute atomic E-state index is 0.246. The predicted molar refractivity (Wildman–Crippen MR) is 76.6 cm³/mol. The first-order valence-corrected chi connectivity index (χ1v) is 7.14. The van der Waals surface area contributed by atoms with Crippen LogP contribution >= 0.6 is 23.4 Å². The zero-order valence-corrected chi connectivity index (χ0v) is 11.5. The molecule has 1 aromatic heterocycles. The number of rotatable bonds is 3. The Labute approximate surface area is 119 Å². The molecule has 0 saturated heterocycles. The van der Waals surface area contributed by atoms with Gasteiger partial charge in [-0.3, -0.25) is 4.79 Å². The summed E-state index contributed by atoms with van der Waals surface area (Å²) >= 11 is 7.64. The quantitative estimate of drug-likeness (QED) is 0.694. The molecule has 0 amide bonds. The van der Waals surface area contributed by atoms with Crippen molar-refractivity contribution < 1.29 is 4.79 Å². The minimum atomic E-state index is 0.246. The lowest BCUT2D eigenvalue weighted by Gasteiger charge is -2.10. The fourth-order valence-electron chi connectivity index (χ4n) is 1.95. The Hall–Kier alpha value is -1.59. The molecule has 3 rings (SSSR count). The van der Waals surface area contributed by atoms with Gasteiger partial charge in [0, 0.05) is 23.4 Å². The van der Waals surface area contributed by atoms with Gasteiger partial charge in [-0.15, -0.1) is 11.8 Å². The summed E-state index contributed by atoms with van der Waals surface area (Å²) in [5.74, 6) is 1.70. The number of carbonyl (C=O) groups is 1. The summed E-state index contributed by atoms with van der Waals surface area (Å²) in [4.78, 5) is 20.3. The first-order valence-electron chi connectivity index (χ1n) is 5.78. The number of carbonyl (C=O) groups excluding carboxylic acids is 1. The summed E-state index contributed by atoms with van der Waals surface area (Å²) < 4.78 is 0. The van der Waals surface area contributed by atoms with Gasteiger partial charge in [0.15, 0.2) is 0 Å². The molecule has 1 aromatic carbocycles. The number of aryl methyl sites for hydroxylation is 1. The van der Waals surface area contributed by atoms with Crippen molar-refractivity contribution >= 4 is 41.2 Å². The fourth-order valence-corrected chi connectivity index (χ4v) is 3.18. The highest BCUT2D eigenvalue weighted by Crippen LogP contribution is 2.37. The number of benzene rings is 1. The largest absolute Gasteiger partial charge is 0.339 e. The first-order chi connectivity index (χ1) is 9.26. The van der Waals surface area contributed by atoms with Gasteiger partial charge >= 0.3 is 0 Å². The average molecular weight is 292 g/mol. The monoisotopic (exact) mass is 291 g/mol. The maximum atomic E-state index is 10.8. The second-order valence-corrected chi connectivity index (χ2v) is 5.53. The zero-order valence-electron chi connectivity index (χ0n) is 9.89. The highest BCUT2D eigenvalue weighted by atomic mass is 35.5. The summed E-state index contributed by atoms with van der Waals surface area (Å²) in [6.07, 6.45) is 1.72. The molecular weight excluding hydrogens is 282 g/mol. The Kier molecular flexibility index (Phi) is 3.40. The van der Waals surface area contributed by atoms with Crippen molar-refractivity contribution in [3.05, 3.63) is 40.8 Å². The van der Waals surface area contributed by atoms with E-state index in [1.54, 1.807) is 23.9 Å². The van der Waals surface area contributed by atoms with Crippen LogP contribution in [0.3, 0.4) is 0 Å². The van der Waals surface area contributed by atoms with Gasteiger partial charge in [-0.2, -0.15) is 4.98 Å². The van der Waals surface area contributed by atoms with Crippen LogP contribution in [0.2, 0.25) is 5.28 Å². The molecule has 0 aliphatic carbocycles. The van der Waals surface area contributed by atoms with Gasteiger partial charge in [-0.05, 0) is 23.7 Å². The van der Waals surface area contributed by atoms with E-state index in [9.17, 15) is 4.79 Å². The van der Waals surface area contributed by atoms with Crippen LogP contribution in [0.25, 0.3) is 0 Å². The van der Waals surface area contributed by atoms with Crippen LogP contribution in [0.15, 0.2) is 29.2 Å². The predicted octanol–water partition coefficient (Wildman–Crippen LogP) is 3.33. The number of halogens is 1. The number of fused-ring (bicyclic) bond motifs is 1. The van der Waals surface area contributed by atoms with Gasteiger partial charge in [0.25, 0.3) is 0 Å². The third-order valence-corrected chi connectivity index (χ3v) is 4.07. The van der Waals surface area contributed by atoms with E-state index in [1.807, 2.05) is 12.1 Å². The Morgan fingerprint density at radius 3 is 3.11 bits per heavy atom. The van der Waals surface area contributed by atoms with Gasteiger partial charge in [-0.25, -0.2) is 4.98 Å². The Balaban J connectivity index is 1.97. The van der Waals surface area contributed by atoms with Crippen molar-refractivity contribution in [1.82, 2.24) is 9.97 Å². The van der Waals surface area contributed by atoms with Crippen LogP contribution in [0, 0.1) is 0 Å². The molecule has 2 heterocycles. The molecule has 0 atom stereocenters. The molecule has 1 aliphatic heterocycles. The van der Waals surface area contributed by atoms with Crippen LogP contribution in [0.5, 0.6) is 0 Å². The van der Waals surface area contributed by atoms with E-state index in [-0.39, 0.29) is 5.28 Å². The summed E-state index contributed by atoms with van der Waals surface area (Å²) in [6.45, 7) is 0. The molecule has 96 valence electrons. The van der Waals surface area contributed by atoms with Gasteiger partial charge < -0.3 is 5.32 Å². The fraction of sp³-hybridized carbons (Fsp3) is 0.154. The number of hydrogen-bond donors (Lipinski definition) is 1. The van der Waals surface area contributed by atoms with Crippen LogP contribution in [-0.2, 0) is 6.42 Å². The SMILES string of the molecule is O=Cc1cccc(Nc2nc(Cl)nc3c2SCC3)c1. The number of thioether (sulfide) groups is 1. The summed E-state index contributed by atoms with van der Waals surface area (Å²) in [6, 6.07) is 7.23. The molecule has 0 unspecified atom stereocenters. The molecule has 0 saturated carbocycles. The summed E-state index contributed by atoms with van der Waals surface area (Å²) in [5, 5.41) is 3.45. The maximum absolute atomic E-state index is 10.8.